The lowest BCUT2D eigenvalue weighted by Gasteiger charge is -2.51. The summed E-state index contributed by atoms with van der Waals surface area (Å²) in [5, 5.41) is 11.8. The highest BCUT2D eigenvalue weighted by molar-refractivity contribution is 8.01. The number of aliphatic carboxylic acids is 1. The fourth-order valence-electron chi connectivity index (χ4n) is 3.63. The average Bonchev–Trinajstić information content (AvgIpc) is 2.90. The Morgan fingerprint density at radius 3 is 2.41 bits per heavy atom. The number of rotatable bonds is 5. The molecule has 0 spiro atoms. The number of nitrogens with two attached hydrogens (primary N) is 1. The molecule has 8 nitrogen and oxygen atoms in total. The van der Waals surface area contributed by atoms with Crippen LogP contribution in [0.1, 0.15) is 32.4 Å². The number of nitrogens with one attached hydrogen (secondary N) is 1. The van der Waals surface area contributed by atoms with Gasteiger partial charge in [-0.1, -0.05) is 12.1 Å². The molecule has 2 amide bonds. The zero-order valence-corrected chi connectivity index (χ0v) is 16.4. The summed E-state index contributed by atoms with van der Waals surface area (Å²) in [5.41, 5.74) is 5.45. The number of β-lactam (4-membered cyclic amide) rings is 1. The van der Waals surface area contributed by atoms with Crippen molar-refractivity contribution < 1.29 is 24.2 Å². The largest absolute Gasteiger partial charge is 0.497 e. The lowest BCUT2D eigenvalue weighted by atomic mass is 9.85. The van der Waals surface area contributed by atoms with Gasteiger partial charge in [0, 0.05) is 4.75 Å². The molecule has 1 aromatic carbocycles. The molecule has 4 N–H and O–H groups in total. The van der Waals surface area contributed by atoms with Gasteiger partial charge in [-0.15, -0.1) is 11.8 Å². The summed E-state index contributed by atoms with van der Waals surface area (Å²) in [6.07, 6.45) is 0. The second kappa shape index (κ2) is 6.42. The minimum atomic E-state index is -1.19. The Kier molecular flexibility index (Phi) is 4.63. The van der Waals surface area contributed by atoms with E-state index in [0.717, 1.165) is 0 Å². The molecule has 2 aliphatic heterocycles. The minimum Gasteiger partial charge on any atom is -0.497 e. The van der Waals surface area contributed by atoms with Crippen molar-refractivity contribution in [3.8, 4) is 5.75 Å². The number of fused-ring (bicyclic) bond motifs is 1. The van der Waals surface area contributed by atoms with Gasteiger partial charge < -0.3 is 25.8 Å². The highest BCUT2D eigenvalue weighted by Crippen LogP contribution is 2.54. The van der Waals surface area contributed by atoms with E-state index in [2.05, 4.69) is 5.32 Å². The molecule has 9 heteroatoms. The van der Waals surface area contributed by atoms with Gasteiger partial charge >= 0.3 is 5.97 Å². The zero-order chi connectivity index (χ0) is 20.1. The first-order valence-corrected chi connectivity index (χ1v) is 9.36. The Morgan fingerprint density at radius 2 is 1.89 bits per heavy atom. The fraction of sp³-hybridized carbons (Fsp3) is 0.500. The van der Waals surface area contributed by atoms with E-state index in [1.165, 1.54) is 16.7 Å². The van der Waals surface area contributed by atoms with Gasteiger partial charge in [0.15, 0.2) is 0 Å². The zero-order valence-electron chi connectivity index (χ0n) is 15.6. The van der Waals surface area contributed by atoms with E-state index >= 15 is 0 Å². The number of amides is 2. The van der Waals surface area contributed by atoms with Crippen LogP contribution in [0.25, 0.3) is 0 Å². The van der Waals surface area contributed by atoms with Gasteiger partial charge in [-0.2, -0.15) is 0 Å². The van der Waals surface area contributed by atoms with E-state index in [-0.39, 0.29) is 0 Å². The normalized spacial score (nSPS) is 29.5. The van der Waals surface area contributed by atoms with Crippen LogP contribution in [0.2, 0.25) is 0 Å². The van der Waals surface area contributed by atoms with Gasteiger partial charge in [-0.3, -0.25) is 9.59 Å². The SMILES string of the molecule is COc1ccc(C(N)C(=O)NC2(C)C(=O)N3[C@@H](C(=O)O)C(C)(C)S[C@@H]32)cc1. The number of hydrogen-bond acceptors (Lipinski definition) is 6. The molecule has 0 aromatic heterocycles. The average molecular weight is 393 g/mol. The van der Waals surface area contributed by atoms with Crippen molar-refractivity contribution in [1.82, 2.24) is 10.2 Å². The molecule has 3 rings (SSSR count). The van der Waals surface area contributed by atoms with Gasteiger partial charge in [0.1, 0.15) is 28.7 Å². The number of methoxy groups -OCH3 is 1. The first-order chi connectivity index (χ1) is 12.5. The molecular formula is C18H23N3O5S. The third-order valence-electron chi connectivity index (χ3n) is 5.15. The summed E-state index contributed by atoms with van der Waals surface area (Å²) in [6, 6.07) is 4.90. The maximum Gasteiger partial charge on any atom is 0.327 e. The molecule has 0 aliphatic carbocycles. The number of carboxylic acid groups (broad SMARTS) is 1. The van der Waals surface area contributed by atoms with Crippen LogP contribution in [0.3, 0.4) is 0 Å². The molecule has 1 aromatic rings. The van der Waals surface area contributed by atoms with Crippen molar-refractivity contribution in [2.24, 2.45) is 5.73 Å². The van der Waals surface area contributed by atoms with Crippen molar-refractivity contribution in [2.75, 3.05) is 7.11 Å². The fourth-order valence-corrected chi connectivity index (χ4v) is 5.28. The van der Waals surface area contributed by atoms with E-state index in [1.807, 2.05) is 0 Å². The molecule has 2 aliphatic rings. The van der Waals surface area contributed by atoms with Crippen LogP contribution in [0.5, 0.6) is 5.75 Å². The number of hydrogen-bond donors (Lipinski definition) is 3. The smallest absolute Gasteiger partial charge is 0.327 e. The van der Waals surface area contributed by atoms with E-state index in [0.29, 0.717) is 11.3 Å². The highest BCUT2D eigenvalue weighted by atomic mass is 32.2. The number of carboxylic acids is 1. The van der Waals surface area contributed by atoms with Crippen molar-refractivity contribution in [3.63, 3.8) is 0 Å². The maximum absolute atomic E-state index is 12.7. The number of carbonyl (C=O) groups is 3. The van der Waals surface area contributed by atoms with E-state index in [4.69, 9.17) is 10.5 Å². The first-order valence-electron chi connectivity index (χ1n) is 8.48. The summed E-state index contributed by atoms with van der Waals surface area (Å²) in [6.45, 7) is 5.18. The molecule has 0 bridgehead atoms. The second-order valence-electron chi connectivity index (χ2n) is 7.47. The topological polar surface area (TPSA) is 122 Å². The van der Waals surface area contributed by atoms with Gasteiger partial charge in [-0.25, -0.2) is 4.79 Å². The molecule has 2 fully saturated rings. The van der Waals surface area contributed by atoms with Gasteiger partial charge in [0.05, 0.1) is 7.11 Å². The third-order valence-corrected chi connectivity index (χ3v) is 6.90. The summed E-state index contributed by atoms with van der Waals surface area (Å²) in [7, 11) is 1.54. The van der Waals surface area contributed by atoms with Gasteiger partial charge in [-0.05, 0) is 38.5 Å². The first kappa shape index (κ1) is 19.5. The summed E-state index contributed by atoms with van der Waals surface area (Å²) in [5.74, 6) is -1.31. The third kappa shape index (κ3) is 2.94. The monoisotopic (exact) mass is 393 g/mol. The van der Waals surface area contributed by atoms with Crippen molar-refractivity contribution >= 4 is 29.5 Å². The van der Waals surface area contributed by atoms with Crippen LogP contribution in [0.15, 0.2) is 24.3 Å². The summed E-state index contributed by atoms with van der Waals surface area (Å²) < 4.78 is 4.42. The lowest BCUT2D eigenvalue weighted by Crippen LogP contribution is -2.78. The molecule has 2 unspecified atom stereocenters. The Balaban J connectivity index is 1.76. The molecule has 2 heterocycles. The maximum atomic E-state index is 12.7. The minimum absolute atomic E-state index is 0.409. The van der Waals surface area contributed by atoms with Crippen LogP contribution in [-0.4, -0.2) is 56.6 Å². The van der Waals surface area contributed by atoms with Crippen LogP contribution >= 0.6 is 11.8 Å². The van der Waals surface area contributed by atoms with E-state index in [1.54, 1.807) is 52.1 Å². The number of ether oxygens (including phenoxy) is 1. The predicted molar refractivity (Wildman–Crippen MR) is 100 cm³/mol. The highest BCUT2D eigenvalue weighted by Gasteiger charge is 2.70. The quantitative estimate of drug-likeness (QED) is 0.630. The molecule has 0 saturated carbocycles. The van der Waals surface area contributed by atoms with Crippen LogP contribution in [0.4, 0.5) is 0 Å². The number of carbonyl (C=O) groups excluding carboxylic acids is 2. The Hall–Kier alpha value is -2.26. The standard InChI is InChI=1S/C18H23N3O5S/c1-17(2)12(14(23)24)21-15(25)18(3,16(21)27-17)20-13(22)11(19)9-5-7-10(26-4)8-6-9/h5-8,11-12,16H,19H2,1-4H3,(H,20,22)(H,23,24)/t11?,12-,16+,18?/m0/s1. The summed E-state index contributed by atoms with van der Waals surface area (Å²) >= 11 is 1.37. The molecular weight excluding hydrogens is 370 g/mol. The Bertz CT molecular complexity index is 797. The van der Waals surface area contributed by atoms with Crippen molar-refractivity contribution in [2.45, 2.75) is 48.5 Å². The van der Waals surface area contributed by atoms with Gasteiger partial charge in [0.2, 0.25) is 5.91 Å². The Morgan fingerprint density at radius 1 is 1.30 bits per heavy atom. The van der Waals surface area contributed by atoms with Crippen molar-refractivity contribution in [1.29, 1.82) is 0 Å². The van der Waals surface area contributed by atoms with Crippen LogP contribution in [-0.2, 0) is 14.4 Å². The molecule has 27 heavy (non-hydrogen) atoms. The van der Waals surface area contributed by atoms with Crippen molar-refractivity contribution in [3.05, 3.63) is 29.8 Å². The molecule has 4 atom stereocenters. The van der Waals surface area contributed by atoms with Gasteiger partial charge in [0.25, 0.3) is 5.91 Å². The van der Waals surface area contributed by atoms with E-state index in [9.17, 15) is 19.5 Å². The van der Waals surface area contributed by atoms with Crippen LogP contribution < -0.4 is 15.8 Å². The van der Waals surface area contributed by atoms with E-state index < -0.39 is 45.5 Å². The predicted octanol–water partition coefficient (Wildman–Crippen LogP) is 0.717. The second-order valence-corrected chi connectivity index (χ2v) is 9.20. The number of thioether (sulfide) groups is 1. The van der Waals surface area contributed by atoms with Crippen LogP contribution in [0, 0.1) is 0 Å². The molecule has 0 radical (unpaired) electrons. The lowest BCUT2D eigenvalue weighted by molar-refractivity contribution is -0.168. The molecule has 146 valence electrons. The molecule has 2 saturated heterocycles. The Labute approximate surface area is 161 Å². The number of nitrogens with zero attached hydrogens (tertiary/aromatic N) is 1. The number of benzene rings is 1. The summed E-state index contributed by atoms with van der Waals surface area (Å²) in [4.78, 5) is 38.3.